The SMILES string of the molecule is Nc1ccc(Cl)cc1.O=C(Nc1ccc(Cl)cc1)[C@@H]1CC12CCC(c1ccnc3ccccc13)CC2.O=C(O)[C@@H]1CC12CCC(c1ccnc3ccccc13)CC2. The molecule has 0 radical (unpaired) electrons. The van der Waals surface area contributed by atoms with Gasteiger partial charge in [0.1, 0.15) is 0 Å². The lowest BCUT2D eigenvalue weighted by atomic mass is 9.75. The summed E-state index contributed by atoms with van der Waals surface area (Å²) in [5, 5.41) is 16.2. The summed E-state index contributed by atoms with van der Waals surface area (Å²) in [6, 6.07) is 35.4. The van der Waals surface area contributed by atoms with Crippen molar-refractivity contribution in [2.24, 2.45) is 22.7 Å². The number of amides is 1. The molecular formula is C48H48Cl2N4O3. The van der Waals surface area contributed by atoms with Crippen LogP contribution < -0.4 is 11.1 Å². The van der Waals surface area contributed by atoms with Gasteiger partial charge in [0.2, 0.25) is 5.91 Å². The lowest BCUT2D eigenvalue weighted by molar-refractivity contribution is -0.139. The van der Waals surface area contributed by atoms with Gasteiger partial charge in [-0.1, -0.05) is 59.6 Å². The van der Waals surface area contributed by atoms with E-state index in [0.717, 1.165) is 91.6 Å². The minimum Gasteiger partial charge on any atom is -0.481 e. The monoisotopic (exact) mass is 798 g/mol. The summed E-state index contributed by atoms with van der Waals surface area (Å²) in [5.41, 5.74) is 12.2. The first-order chi connectivity index (χ1) is 27.6. The van der Waals surface area contributed by atoms with Gasteiger partial charge in [0.15, 0.2) is 0 Å². The molecule has 0 bridgehead atoms. The predicted octanol–water partition coefficient (Wildman–Crippen LogP) is 12.1. The van der Waals surface area contributed by atoms with Crippen molar-refractivity contribution in [1.29, 1.82) is 0 Å². The van der Waals surface area contributed by atoms with Crippen LogP contribution in [0.15, 0.2) is 122 Å². The number of halogens is 2. The molecule has 2 atom stereocenters. The number of carbonyl (C=O) groups excluding carboxylic acids is 1. The molecule has 292 valence electrons. The molecule has 4 N–H and O–H groups in total. The largest absolute Gasteiger partial charge is 0.481 e. The number of hydrogen-bond donors (Lipinski definition) is 3. The number of nitrogens with zero attached hydrogens (tertiary/aromatic N) is 2. The van der Waals surface area contributed by atoms with Gasteiger partial charge in [0, 0.05) is 50.5 Å². The van der Waals surface area contributed by atoms with Gasteiger partial charge < -0.3 is 16.2 Å². The molecule has 4 aromatic carbocycles. The first kappa shape index (κ1) is 38.9. The van der Waals surface area contributed by atoms with Gasteiger partial charge in [0.25, 0.3) is 0 Å². The second kappa shape index (κ2) is 16.5. The molecule has 4 fully saturated rings. The molecule has 9 heteroatoms. The van der Waals surface area contributed by atoms with E-state index in [1.165, 1.54) is 21.9 Å². The van der Waals surface area contributed by atoms with Crippen molar-refractivity contribution in [3.8, 4) is 0 Å². The second-order valence-corrected chi connectivity index (χ2v) is 17.4. The van der Waals surface area contributed by atoms with Gasteiger partial charge in [-0.2, -0.15) is 0 Å². The smallest absolute Gasteiger partial charge is 0.307 e. The number of para-hydroxylation sites is 2. The number of nitrogen functional groups attached to an aromatic ring is 1. The Morgan fingerprint density at radius 1 is 0.614 bits per heavy atom. The van der Waals surface area contributed by atoms with Gasteiger partial charge in [-0.15, -0.1) is 0 Å². The summed E-state index contributed by atoms with van der Waals surface area (Å²) in [5.74, 6) is 0.765. The zero-order valence-electron chi connectivity index (χ0n) is 31.9. The van der Waals surface area contributed by atoms with Crippen LogP contribution in [0.3, 0.4) is 0 Å². The van der Waals surface area contributed by atoms with E-state index in [1.807, 2.05) is 48.8 Å². The number of anilines is 2. The third-order valence-electron chi connectivity index (χ3n) is 13.2. The summed E-state index contributed by atoms with van der Waals surface area (Å²) >= 11 is 11.5. The number of aromatic nitrogens is 2. The quantitative estimate of drug-likeness (QED) is 0.149. The summed E-state index contributed by atoms with van der Waals surface area (Å²) in [6.07, 6.45) is 14.7. The maximum Gasteiger partial charge on any atom is 0.307 e. The zero-order chi connectivity index (χ0) is 39.6. The molecule has 1 amide bonds. The molecule has 0 aliphatic heterocycles. The van der Waals surface area contributed by atoms with Crippen molar-refractivity contribution in [3.63, 3.8) is 0 Å². The van der Waals surface area contributed by atoms with E-state index < -0.39 is 5.97 Å². The minimum atomic E-state index is -0.595. The van der Waals surface area contributed by atoms with Crippen LogP contribution in [0.1, 0.15) is 87.2 Å². The average Bonchev–Trinajstić information content (AvgIpc) is 4.15. The molecule has 2 spiro atoms. The Hall–Kier alpha value is -4.98. The number of aliphatic carboxylic acids is 1. The Balaban J connectivity index is 0.000000137. The molecule has 2 aromatic heterocycles. The van der Waals surface area contributed by atoms with E-state index in [4.69, 9.17) is 28.9 Å². The van der Waals surface area contributed by atoms with Gasteiger partial charge in [-0.05, 0) is 171 Å². The van der Waals surface area contributed by atoms with Crippen molar-refractivity contribution >= 4 is 68.3 Å². The highest BCUT2D eigenvalue weighted by molar-refractivity contribution is 6.30. The van der Waals surface area contributed by atoms with Crippen LogP contribution >= 0.6 is 23.2 Å². The summed E-state index contributed by atoms with van der Waals surface area (Å²) in [6.45, 7) is 0. The third-order valence-corrected chi connectivity index (χ3v) is 13.7. The van der Waals surface area contributed by atoms with Crippen molar-refractivity contribution < 1.29 is 14.7 Å². The fourth-order valence-corrected chi connectivity index (χ4v) is 9.95. The highest BCUT2D eigenvalue weighted by atomic mass is 35.5. The number of carboxylic acid groups (broad SMARTS) is 1. The molecule has 4 aliphatic rings. The molecule has 0 unspecified atom stereocenters. The van der Waals surface area contributed by atoms with E-state index in [-0.39, 0.29) is 28.6 Å². The van der Waals surface area contributed by atoms with E-state index in [9.17, 15) is 14.7 Å². The first-order valence-corrected chi connectivity index (χ1v) is 20.9. The van der Waals surface area contributed by atoms with E-state index in [0.29, 0.717) is 16.9 Å². The number of hydrogen-bond acceptors (Lipinski definition) is 5. The number of nitrogens with one attached hydrogen (secondary N) is 1. The van der Waals surface area contributed by atoms with E-state index >= 15 is 0 Å². The van der Waals surface area contributed by atoms with Crippen molar-refractivity contribution in [2.45, 2.75) is 76.0 Å². The molecule has 0 saturated heterocycles. The lowest BCUT2D eigenvalue weighted by Crippen LogP contribution is -2.22. The van der Waals surface area contributed by atoms with Gasteiger partial charge >= 0.3 is 5.97 Å². The third kappa shape index (κ3) is 8.65. The number of nitrogens with two attached hydrogens (primary N) is 1. The fraction of sp³-hybridized carbons (Fsp3) is 0.333. The number of benzene rings is 4. The Labute approximate surface area is 344 Å². The van der Waals surface area contributed by atoms with Crippen LogP contribution in [-0.2, 0) is 9.59 Å². The van der Waals surface area contributed by atoms with Gasteiger partial charge in [0.05, 0.1) is 17.0 Å². The van der Waals surface area contributed by atoms with Crippen LogP contribution in [0.5, 0.6) is 0 Å². The zero-order valence-corrected chi connectivity index (χ0v) is 33.4. The number of carboxylic acids is 1. The number of carbonyl (C=O) groups is 2. The Morgan fingerprint density at radius 3 is 1.51 bits per heavy atom. The fourth-order valence-electron chi connectivity index (χ4n) is 9.70. The Bertz CT molecular complexity index is 2340. The topological polar surface area (TPSA) is 118 Å². The molecule has 4 aliphatic carbocycles. The number of rotatable bonds is 5. The Kier molecular flexibility index (Phi) is 11.2. The van der Waals surface area contributed by atoms with E-state index in [2.05, 4.69) is 63.8 Å². The highest BCUT2D eigenvalue weighted by Crippen LogP contribution is 2.64. The van der Waals surface area contributed by atoms with Crippen molar-refractivity contribution in [2.75, 3.05) is 11.1 Å². The van der Waals surface area contributed by atoms with Gasteiger partial charge in [-0.3, -0.25) is 19.6 Å². The standard InChI is InChI=1S/C24H23ClN2O.C18H19NO2.C6H6ClN/c25-17-5-7-18(8-6-17)27-23(28)21-15-24(21)12-9-16(10-13-24)19-11-14-26-22-4-2-1-3-20(19)22;20-17(21)15-11-18(15)8-5-12(6-9-18)13-7-10-19-16-4-2-1-3-14(13)16;7-5-1-3-6(8)4-2-5/h1-8,11,14,16,21H,9-10,12-13,15H2,(H,27,28);1-4,7,10,12,15H,5-6,8-9,11H2,(H,20,21);1-4H,8H2/t16?,21-,24?;12?,15-,18?;/m00./s1. The first-order valence-electron chi connectivity index (χ1n) is 20.1. The summed E-state index contributed by atoms with van der Waals surface area (Å²) in [4.78, 5) is 32.8. The van der Waals surface area contributed by atoms with Crippen molar-refractivity contribution in [1.82, 2.24) is 9.97 Å². The van der Waals surface area contributed by atoms with Crippen LogP contribution in [0.4, 0.5) is 11.4 Å². The van der Waals surface area contributed by atoms with E-state index in [1.54, 1.807) is 24.3 Å². The van der Waals surface area contributed by atoms with Crippen LogP contribution in [0, 0.1) is 22.7 Å². The minimum absolute atomic E-state index is 0.0763. The molecule has 7 nitrogen and oxygen atoms in total. The molecule has 10 rings (SSSR count). The Morgan fingerprint density at radius 2 is 1.05 bits per heavy atom. The molecule has 2 heterocycles. The number of fused-ring (bicyclic) bond motifs is 2. The summed E-state index contributed by atoms with van der Waals surface area (Å²) in [7, 11) is 0. The van der Waals surface area contributed by atoms with Crippen LogP contribution in [-0.4, -0.2) is 27.0 Å². The normalized spacial score (nSPS) is 25.8. The lowest BCUT2D eigenvalue weighted by Gasteiger charge is -2.30. The highest BCUT2D eigenvalue weighted by Gasteiger charge is 2.59. The average molecular weight is 800 g/mol. The maximum absolute atomic E-state index is 12.7. The molecule has 6 aromatic rings. The summed E-state index contributed by atoms with van der Waals surface area (Å²) < 4.78 is 0. The maximum atomic E-state index is 12.7. The molecule has 4 saturated carbocycles. The van der Waals surface area contributed by atoms with Crippen LogP contribution in [0.2, 0.25) is 10.0 Å². The second-order valence-electron chi connectivity index (χ2n) is 16.5. The number of pyridine rings is 2. The van der Waals surface area contributed by atoms with Crippen LogP contribution in [0.25, 0.3) is 21.8 Å². The van der Waals surface area contributed by atoms with Crippen molar-refractivity contribution in [3.05, 3.63) is 143 Å². The molecular weight excluding hydrogens is 751 g/mol. The van der Waals surface area contributed by atoms with Gasteiger partial charge in [-0.25, -0.2) is 0 Å². The molecule has 57 heavy (non-hydrogen) atoms. The predicted molar refractivity (Wildman–Crippen MR) is 231 cm³/mol.